The van der Waals surface area contributed by atoms with E-state index >= 15 is 0 Å². The number of hydrogen-bond acceptors (Lipinski definition) is 4. The molecule has 0 saturated heterocycles. The Labute approximate surface area is 156 Å². The first-order valence-corrected chi connectivity index (χ1v) is 9.18. The summed E-state index contributed by atoms with van der Waals surface area (Å²) in [6.45, 7) is 4.90. The summed E-state index contributed by atoms with van der Waals surface area (Å²) >= 11 is 0. The predicted molar refractivity (Wildman–Crippen MR) is 106 cm³/mol. The molecule has 1 aliphatic rings. The highest BCUT2D eigenvalue weighted by atomic mass is 16.3. The normalized spacial score (nSPS) is 20.1. The molecule has 1 aromatic carbocycles. The number of hydrogen-bond donors (Lipinski definition) is 2. The minimum Gasteiger partial charge on any atom is -0.396 e. The van der Waals surface area contributed by atoms with Crippen LogP contribution in [0.25, 0.3) is 0 Å². The third-order valence-electron chi connectivity index (χ3n) is 4.33. The van der Waals surface area contributed by atoms with Crippen LogP contribution >= 0.6 is 0 Å². The average Bonchev–Trinajstić information content (AvgIpc) is 2.94. The quantitative estimate of drug-likeness (QED) is 0.669. The molecule has 0 spiro atoms. The summed E-state index contributed by atoms with van der Waals surface area (Å²) in [5, 5.41) is 18.9. The van der Waals surface area contributed by atoms with E-state index < -0.39 is 0 Å². The number of benzene rings is 1. The van der Waals surface area contributed by atoms with Gasteiger partial charge in [-0.3, -0.25) is 9.80 Å². The Balaban J connectivity index is 2.18. The van der Waals surface area contributed by atoms with Gasteiger partial charge in [-0.1, -0.05) is 54.6 Å². The number of allylic oxidation sites excluding steroid dienone is 1. The van der Waals surface area contributed by atoms with Crippen LogP contribution in [-0.4, -0.2) is 47.5 Å². The van der Waals surface area contributed by atoms with Crippen LogP contribution in [-0.2, 0) is 11.2 Å². The van der Waals surface area contributed by atoms with E-state index in [1.54, 1.807) is 0 Å². The van der Waals surface area contributed by atoms with E-state index in [0.29, 0.717) is 19.5 Å². The van der Waals surface area contributed by atoms with Gasteiger partial charge in [0.15, 0.2) is 0 Å². The van der Waals surface area contributed by atoms with E-state index in [0.717, 1.165) is 12.1 Å². The van der Waals surface area contributed by atoms with Crippen LogP contribution < -0.4 is 5.32 Å². The van der Waals surface area contributed by atoms with Crippen molar-refractivity contribution in [2.75, 3.05) is 19.7 Å². The molecule has 1 aromatic rings. The number of aliphatic hydroxyl groups is 1. The van der Waals surface area contributed by atoms with Gasteiger partial charge in [-0.05, 0) is 18.9 Å². The molecule has 0 radical (unpaired) electrons. The smallest absolute Gasteiger partial charge is 0.217 e. The zero-order valence-electron chi connectivity index (χ0n) is 15.6. The summed E-state index contributed by atoms with van der Waals surface area (Å²) in [7, 11) is 0. The Bertz CT molecular complexity index is 652. The van der Waals surface area contributed by atoms with Gasteiger partial charge >= 0.3 is 0 Å². The fraction of sp³-hybridized carbons (Fsp3) is 0.429. The number of nitrogens with one attached hydrogen (secondary N) is 1. The first-order valence-electron chi connectivity index (χ1n) is 9.18. The van der Waals surface area contributed by atoms with Gasteiger partial charge in [0.2, 0.25) is 5.91 Å². The van der Waals surface area contributed by atoms with Gasteiger partial charge in [-0.25, -0.2) is 0 Å². The van der Waals surface area contributed by atoms with Crippen LogP contribution in [0.2, 0.25) is 0 Å². The molecule has 2 rings (SSSR count). The third-order valence-corrected chi connectivity index (χ3v) is 4.33. The molecule has 0 saturated carbocycles. The van der Waals surface area contributed by atoms with Crippen LogP contribution in [0.5, 0.6) is 0 Å². The summed E-state index contributed by atoms with van der Waals surface area (Å²) in [6.07, 6.45) is 9.83. The van der Waals surface area contributed by atoms with E-state index in [1.807, 2.05) is 31.2 Å². The number of amides is 1. The van der Waals surface area contributed by atoms with Crippen molar-refractivity contribution in [2.24, 2.45) is 11.0 Å². The van der Waals surface area contributed by atoms with Crippen LogP contribution in [0.1, 0.15) is 25.8 Å². The first kappa shape index (κ1) is 19.9. The van der Waals surface area contributed by atoms with Crippen molar-refractivity contribution >= 4 is 11.6 Å². The minimum atomic E-state index is -0.0378. The molecular formula is C21H29N3O2. The summed E-state index contributed by atoms with van der Waals surface area (Å²) < 4.78 is 0. The van der Waals surface area contributed by atoms with Crippen molar-refractivity contribution in [2.45, 2.75) is 32.7 Å². The zero-order valence-corrected chi connectivity index (χ0v) is 15.6. The Morgan fingerprint density at radius 3 is 2.73 bits per heavy atom. The topological polar surface area (TPSA) is 64.9 Å². The lowest BCUT2D eigenvalue weighted by Gasteiger charge is -2.24. The summed E-state index contributed by atoms with van der Waals surface area (Å²) in [5.74, 6) is 0.150. The van der Waals surface area contributed by atoms with Crippen molar-refractivity contribution in [3.8, 4) is 0 Å². The summed E-state index contributed by atoms with van der Waals surface area (Å²) in [4.78, 5) is 11.1. The fourth-order valence-corrected chi connectivity index (χ4v) is 3.13. The molecule has 5 nitrogen and oxygen atoms in total. The lowest BCUT2D eigenvalue weighted by atomic mass is 9.90. The molecule has 0 aromatic heterocycles. The molecular weight excluding hydrogens is 326 g/mol. The van der Waals surface area contributed by atoms with E-state index in [2.05, 4.69) is 40.7 Å². The maximum absolute atomic E-state index is 11.1. The molecule has 1 aliphatic heterocycles. The highest BCUT2D eigenvalue weighted by Crippen LogP contribution is 2.27. The largest absolute Gasteiger partial charge is 0.396 e. The van der Waals surface area contributed by atoms with Crippen molar-refractivity contribution in [1.82, 2.24) is 10.3 Å². The second-order valence-corrected chi connectivity index (χ2v) is 6.40. The van der Waals surface area contributed by atoms with Gasteiger partial charge < -0.3 is 10.4 Å². The standard InChI is InChI=1S/C21H29N3O2/c1-3-9-19-20(16-18-10-5-4-6-11-18)23-24(14-8-15-25)21(19)12-7-13-22-17(2)26/h3-7,9-12,19,21,25H,8,13-16H2,1-2H3,(H,22,26)/b9-3-,12-7+/t19?,21-/m1/s1. The second kappa shape index (κ2) is 10.6. The lowest BCUT2D eigenvalue weighted by Crippen LogP contribution is -2.32. The van der Waals surface area contributed by atoms with Crippen molar-refractivity contribution in [3.05, 3.63) is 60.2 Å². The molecule has 0 bridgehead atoms. The number of carbonyl (C=O) groups is 1. The van der Waals surface area contributed by atoms with E-state index in [-0.39, 0.29) is 24.5 Å². The van der Waals surface area contributed by atoms with Gasteiger partial charge in [0.1, 0.15) is 0 Å². The molecule has 1 heterocycles. The molecule has 2 N–H and O–H groups in total. The number of aliphatic hydroxyl groups excluding tert-OH is 1. The minimum absolute atomic E-state index is 0.0378. The Kier molecular flexibility index (Phi) is 8.09. The predicted octanol–water partition coefficient (Wildman–Crippen LogP) is 2.54. The second-order valence-electron chi connectivity index (χ2n) is 6.40. The SMILES string of the molecule is C/C=C\C1C(Cc2ccccc2)=NN(CCCO)[C@@H]1/C=C/CNC(C)=O. The third kappa shape index (κ3) is 5.85. The van der Waals surface area contributed by atoms with Crippen molar-refractivity contribution < 1.29 is 9.90 Å². The van der Waals surface area contributed by atoms with Gasteiger partial charge in [0.05, 0.1) is 11.8 Å². The maximum Gasteiger partial charge on any atom is 0.217 e. The molecule has 26 heavy (non-hydrogen) atoms. The number of carbonyl (C=O) groups excluding carboxylic acids is 1. The molecule has 1 amide bonds. The molecule has 2 atom stereocenters. The van der Waals surface area contributed by atoms with Gasteiger partial charge in [-0.15, -0.1) is 0 Å². The fourth-order valence-electron chi connectivity index (χ4n) is 3.13. The van der Waals surface area contributed by atoms with Gasteiger partial charge in [0.25, 0.3) is 0 Å². The average molecular weight is 355 g/mol. The van der Waals surface area contributed by atoms with E-state index in [9.17, 15) is 9.90 Å². The van der Waals surface area contributed by atoms with E-state index in [1.165, 1.54) is 12.5 Å². The molecule has 0 aliphatic carbocycles. The highest BCUT2D eigenvalue weighted by Gasteiger charge is 2.33. The van der Waals surface area contributed by atoms with Crippen molar-refractivity contribution in [1.29, 1.82) is 0 Å². The first-order chi connectivity index (χ1) is 12.7. The van der Waals surface area contributed by atoms with Gasteiger partial charge in [-0.2, -0.15) is 5.10 Å². The van der Waals surface area contributed by atoms with Crippen molar-refractivity contribution in [3.63, 3.8) is 0 Å². The molecule has 140 valence electrons. The lowest BCUT2D eigenvalue weighted by molar-refractivity contribution is -0.118. The van der Waals surface area contributed by atoms with Gasteiger partial charge in [0, 0.05) is 39.0 Å². The summed E-state index contributed by atoms with van der Waals surface area (Å²) in [5.41, 5.74) is 2.37. The number of nitrogens with zero attached hydrogens (tertiary/aromatic N) is 2. The number of rotatable bonds is 9. The zero-order chi connectivity index (χ0) is 18.8. The molecule has 0 fully saturated rings. The number of hydrazone groups is 1. The highest BCUT2D eigenvalue weighted by molar-refractivity contribution is 5.92. The van der Waals surface area contributed by atoms with E-state index in [4.69, 9.17) is 5.10 Å². The Morgan fingerprint density at radius 1 is 1.31 bits per heavy atom. The van der Waals surface area contributed by atoms with Crippen LogP contribution in [0.3, 0.4) is 0 Å². The van der Waals surface area contributed by atoms with Crippen LogP contribution in [0.4, 0.5) is 0 Å². The van der Waals surface area contributed by atoms with Crippen LogP contribution in [0.15, 0.2) is 59.7 Å². The molecule has 1 unspecified atom stereocenters. The van der Waals surface area contributed by atoms with Crippen LogP contribution in [0, 0.1) is 5.92 Å². The Hall–Kier alpha value is -2.40. The Morgan fingerprint density at radius 2 is 2.08 bits per heavy atom. The monoisotopic (exact) mass is 355 g/mol. The summed E-state index contributed by atoms with van der Waals surface area (Å²) in [6, 6.07) is 10.4. The molecule has 5 heteroatoms. The maximum atomic E-state index is 11.1.